The van der Waals surface area contributed by atoms with Gasteiger partial charge in [0.25, 0.3) is 0 Å². The molecule has 1 saturated carbocycles. The van der Waals surface area contributed by atoms with Crippen LogP contribution in [0.25, 0.3) is 0 Å². The highest BCUT2D eigenvalue weighted by Crippen LogP contribution is 2.24. The van der Waals surface area contributed by atoms with E-state index in [0.717, 1.165) is 36.9 Å². The molecule has 1 aromatic rings. The van der Waals surface area contributed by atoms with Crippen LogP contribution in [0.15, 0.2) is 18.2 Å². The second kappa shape index (κ2) is 6.21. The Bertz CT molecular complexity index is 392. The van der Waals surface area contributed by atoms with Crippen LogP contribution in [0.5, 0.6) is 5.75 Å². The van der Waals surface area contributed by atoms with Crippen molar-refractivity contribution in [2.45, 2.75) is 45.3 Å². The predicted octanol–water partition coefficient (Wildman–Crippen LogP) is 2.34. The number of hydrogen-bond acceptors (Lipinski definition) is 3. The number of aliphatic hydroxyl groups excluding tert-OH is 1. The first-order chi connectivity index (χ1) is 8.66. The third-order valence-corrected chi connectivity index (χ3v) is 3.83. The van der Waals surface area contributed by atoms with Crippen LogP contribution in [0.1, 0.15) is 36.8 Å². The molecule has 2 rings (SSSR count). The number of nitrogens with one attached hydrogen (secondary N) is 1. The van der Waals surface area contributed by atoms with Crippen LogP contribution >= 0.6 is 0 Å². The first-order valence-electron chi connectivity index (χ1n) is 6.84. The predicted molar refractivity (Wildman–Crippen MR) is 72.5 cm³/mol. The van der Waals surface area contributed by atoms with Crippen LogP contribution in [0.4, 0.5) is 0 Å². The van der Waals surface area contributed by atoms with E-state index in [1.54, 1.807) is 6.07 Å². The van der Waals surface area contributed by atoms with Gasteiger partial charge in [-0.25, -0.2) is 0 Å². The summed E-state index contributed by atoms with van der Waals surface area (Å²) in [5, 5.41) is 23.0. The summed E-state index contributed by atoms with van der Waals surface area (Å²) in [6, 6.07) is 5.64. The second-order valence-electron chi connectivity index (χ2n) is 5.37. The minimum Gasteiger partial charge on any atom is -0.508 e. The van der Waals surface area contributed by atoms with Gasteiger partial charge in [0.1, 0.15) is 5.75 Å². The molecule has 100 valence electrons. The summed E-state index contributed by atoms with van der Waals surface area (Å²) in [4.78, 5) is 0. The zero-order valence-corrected chi connectivity index (χ0v) is 11.0. The van der Waals surface area contributed by atoms with Crippen molar-refractivity contribution in [3.05, 3.63) is 29.3 Å². The number of aryl methyl sites for hydroxylation is 1. The first-order valence-corrected chi connectivity index (χ1v) is 6.84. The molecule has 2 atom stereocenters. The zero-order valence-electron chi connectivity index (χ0n) is 11.0. The molecule has 0 aliphatic heterocycles. The van der Waals surface area contributed by atoms with E-state index in [1.165, 1.54) is 6.42 Å². The van der Waals surface area contributed by atoms with Crippen molar-refractivity contribution in [1.82, 2.24) is 5.32 Å². The molecular weight excluding hydrogens is 226 g/mol. The normalized spacial score (nSPS) is 24.1. The SMILES string of the molecule is Cc1ccc(O)c(CNCC2CCCCC2O)c1. The van der Waals surface area contributed by atoms with Crippen LogP contribution in [0.2, 0.25) is 0 Å². The molecule has 0 heterocycles. The highest BCUT2D eigenvalue weighted by molar-refractivity contribution is 5.35. The van der Waals surface area contributed by atoms with Gasteiger partial charge in [-0.1, -0.05) is 30.5 Å². The van der Waals surface area contributed by atoms with E-state index in [9.17, 15) is 10.2 Å². The van der Waals surface area contributed by atoms with Crippen molar-refractivity contribution in [3.63, 3.8) is 0 Å². The van der Waals surface area contributed by atoms with Crippen LogP contribution < -0.4 is 5.32 Å². The van der Waals surface area contributed by atoms with Crippen molar-refractivity contribution in [1.29, 1.82) is 0 Å². The average Bonchev–Trinajstić information content (AvgIpc) is 2.36. The molecule has 0 spiro atoms. The van der Waals surface area contributed by atoms with Crippen molar-refractivity contribution in [3.8, 4) is 5.75 Å². The maximum Gasteiger partial charge on any atom is 0.120 e. The van der Waals surface area contributed by atoms with E-state index in [2.05, 4.69) is 5.32 Å². The smallest absolute Gasteiger partial charge is 0.120 e. The summed E-state index contributed by atoms with van der Waals surface area (Å²) in [5.41, 5.74) is 2.09. The molecule has 2 unspecified atom stereocenters. The largest absolute Gasteiger partial charge is 0.508 e. The lowest BCUT2D eigenvalue weighted by Crippen LogP contribution is -2.33. The van der Waals surface area contributed by atoms with Crippen LogP contribution in [-0.2, 0) is 6.54 Å². The maximum absolute atomic E-state index is 9.88. The lowest BCUT2D eigenvalue weighted by molar-refractivity contribution is 0.0695. The third-order valence-electron chi connectivity index (χ3n) is 3.83. The van der Waals surface area contributed by atoms with Gasteiger partial charge >= 0.3 is 0 Å². The monoisotopic (exact) mass is 249 g/mol. The van der Waals surface area contributed by atoms with E-state index in [0.29, 0.717) is 18.2 Å². The molecule has 0 aromatic heterocycles. The van der Waals surface area contributed by atoms with Crippen molar-refractivity contribution in [2.24, 2.45) is 5.92 Å². The van der Waals surface area contributed by atoms with Gasteiger partial charge in [0, 0.05) is 18.7 Å². The summed E-state index contributed by atoms with van der Waals surface area (Å²) in [6.07, 6.45) is 4.25. The molecule has 1 aromatic carbocycles. The summed E-state index contributed by atoms with van der Waals surface area (Å²) in [5.74, 6) is 0.711. The second-order valence-corrected chi connectivity index (χ2v) is 5.37. The molecule has 0 amide bonds. The highest BCUT2D eigenvalue weighted by Gasteiger charge is 2.22. The van der Waals surface area contributed by atoms with E-state index in [1.807, 2.05) is 19.1 Å². The van der Waals surface area contributed by atoms with E-state index >= 15 is 0 Å². The van der Waals surface area contributed by atoms with Crippen molar-refractivity contribution in [2.75, 3.05) is 6.54 Å². The molecule has 1 aliphatic carbocycles. The van der Waals surface area contributed by atoms with Crippen LogP contribution in [0, 0.1) is 12.8 Å². The number of phenols is 1. The highest BCUT2D eigenvalue weighted by atomic mass is 16.3. The number of phenolic OH excluding ortho intramolecular Hbond substituents is 1. The van der Waals surface area contributed by atoms with Gasteiger partial charge in [-0.15, -0.1) is 0 Å². The Morgan fingerprint density at radius 2 is 2.06 bits per heavy atom. The average molecular weight is 249 g/mol. The topological polar surface area (TPSA) is 52.5 Å². The Labute approximate surface area is 109 Å². The zero-order chi connectivity index (χ0) is 13.0. The van der Waals surface area contributed by atoms with Gasteiger partial charge in [0.05, 0.1) is 6.10 Å². The van der Waals surface area contributed by atoms with Crippen LogP contribution in [-0.4, -0.2) is 22.9 Å². The van der Waals surface area contributed by atoms with Gasteiger partial charge in [0.2, 0.25) is 0 Å². The number of rotatable bonds is 4. The summed E-state index contributed by atoms with van der Waals surface area (Å²) in [7, 11) is 0. The molecule has 0 saturated heterocycles. The summed E-state index contributed by atoms with van der Waals surface area (Å²) < 4.78 is 0. The fourth-order valence-electron chi connectivity index (χ4n) is 2.67. The Morgan fingerprint density at radius 1 is 1.28 bits per heavy atom. The fourth-order valence-corrected chi connectivity index (χ4v) is 2.67. The van der Waals surface area contributed by atoms with Gasteiger partial charge in [-0.2, -0.15) is 0 Å². The standard InChI is InChI=1S/C15H23NO2/c1-11-6-7-15(18)13(8-11)10-16-9-12-4-2-3-5-14(12)17/h6-8,12,14,16-18H,2-5,9-10H2,1H3. The van der Waals surface area contributed by atoms with Gasteiger partial charge < -0.3 is 15.5 Å². The molecule has 0 bridgehead atoms. The molecule has 3 N–H and O–H groups in total. The van der Waals surface area contributed by atoms with E-state index in [4.69, 9.17) is 0 Å². The van der Waals surface area contributed by atoms with Gasteiger partial charge in [-0.3, -0.25) is 0 Å². The fraction of sp³-hybridized carbons (Fsp3) is 0.600. The third kappa shape index (κ3) is 3.47. The maximum atomic E-state index is 9.88. The van der Waals surface area contributed by atoms with Gasteiger partial charge in [-0.05, 0) is 31.7 Å². The molecule has 1 aliphatic rings. The Morgan fingerprint density at radius 3 is 2.83 bits per heavy atom. The van der Waals surface area contributed by atoms with Crippen LogP contribution in [0.3, 0.4) is 0 Å². The Kier molecular flexibility index (Phi) is 4.61. The minimum absolute atomic E-state index is 0.155. The number of aliphatic hydroxyl groups is 1. The molecule has 1 fully saturated rings. The molecule has 3 heteroatoms. The number of aromatic hydroxyl groups is 1. The molecular formula is C15H23NO2. The lowest BCUT2D eigenvalue weighted by Gasteiger charge is -2.27. The Hall–Kier alpha value is -1.06. The molecule has 0 radical (unpaired) electrons. The Balaban J connectivity index is 1.82. The lowest BCUT2D eigenvalue weighted by atomic mass is 9.86. The van der Waals surface area contributed by atoms with Gasteiger partial charge in [0.15, 0.2) is 0 Å². The van der Waals surface area contributed by atoms with E-state index < -0.39 is 0 Å². The summed E-state index contributed by atoms with van der Waals surface area (Å²) >= 11 is 0. The number of benzene rings is 1. The molecule has 18 heavy (non-hydrogen) atoms. The quantitative estimate of drug-likeness (QED) is 0.767. The minimum atomic E-state index is -0.155. The first kappa shape index (κ1) is 13.4. The molecule has 3 nitrogen and oxygen atoms in total. The van der Waals surface area contributed by atoms with Crippen molar-refractivity contribution >= 4 is 0 Å². The summed E-state index contributed by atoms with van der Waals surface area (Å²) in [6.45, 7) is 3.51. The van der Waals surface area contributed by atoms with E-state index in [-0.39, 0.29) is 6.10 Å². The number of hydrogen-bond donors (Lipinski definition) is 3. The van der Waals surface area contributed by atoms with Crippen molar-refractivity contribution < 1.29 is 10.2 Å².